The SMILES string of the molecule is COC1CCN(C(=O)OC(C)(C)C)CC1C(N)=O. The number of hydrogen-bond donors (Lipinski definition) is 1. The molecular weight excluding hydrogens is 236 g/mol. The fraction of sp³-hybridized carbons (Fsp3) is 0.833. The molecule has 18 heavy (non-hydrogen) atoms. The number of piperidine rings is 1. The van der Waals surface area contributed by atoms with Crippen LogP contribution in [0.15, 0.2) is 0 Å². The van der Waals surface area contributed by atoms with Crippen LogP contribution in [0.1, 0.15) is 27.2 Å². The summed E-state index contributed by atoms with van der Waals surface area (Å²) in [5.41, 5.74) is 4.78. The van der Waals surface area contributed by atoms with Gasteiger partial charge in [0.05, 0.1) is 12.0 Å². The molecule has 0 aromatic carbocycles. The van der Waals surface area contributed by atoms with Crippen molar-refractivity contribution in [1.29, 1.82) is 0 Å². The van der Waals surface area contributed by atoms with Gasteiger partial charge < -0.3 is 20.1 Å². The molecule has 6 nitrogen and oxygen atoms in total. The van der Waals surface area contributed by atoms with Crippen LogP contribution in [0.5, 0.6) is 0 Å². The van der Waals surface area contributed by atoms with E-state index in [2.05, 4.69) is 0 Å². The van der Waals surface area contributed by atoms with Gasteiger partial charge in [0.25, 0.3) is 0 Å². The Hall–Kier alpha value is -1.30. The number of carbonyl (C=O) groups is 2. The number of nitrogens with two attached hydrogens (primary N) is 1. The predicted molar refractivity (Wildman–Crippen MR) is 65.9 cm³/mol. The van der Waals surface area contributed by atoms with Crippen molar-refractivity contribution in [3.63, 3.8) is 0 Å². The highest BCUT2D eigenvalue weighted by atomic mass is 16.6. The molecule has 1 saturated heterocycles. The molecule has 2 N–H and O–H groups in total. The second-order valence-electron chi connectivity index (χ2n) is 5.50. The van der Waals surface area contributed by atoms with E-state index >= 15 is 0 Å². The molecule has 0 aromatic rings. The van der Waals surface area contributed by atoms with E-state index in [0.29, 0.717) is 13.0 Å². The van der Waals surface area contributed by atoms with Gasteiger partial charge in [-0.15, -0.1) is 0 Å². The standard InChI is InChI=1S/C12H22N2O4/c1-12(2,3)18-11(16)14-6-5-9(17-4)8(7-14)10(13)15/h8-9H,5-7H2,1-4H3,(H2,13,15). The van der Waals surface area contributed by atoms with E-state index < -0.39 is 23.5 Å². The van der Waals surface area contributed by atoms with Crippen molar-refractivity contribution in [3.8, 4) is 0 Å². The van der Waals surface area contributed by atoms with Crippen LogP contribution in [0.4, 0.5) is 4.79 Å². The zero-order valence-electron chi connectivity index (χ0n) is 11.4. The minimum atomic E-state index is -0.544. The molecule has 0 bridgehead atoms. The molecule has 1 aliphatic rings. The van der Waals surface area contributed by atoms with Gasteiger partial charge in [-0.05, 0) is 27.2 Å². The van der Waals surface area contributed by atoms with Gasteiger partial charge in [0.2, 0.25) is 5.91 Å². The van der Waals surface area contributed by atoms with E-state index in [0.717, 1.165) is 0 Å². The molecule has 2 unspecified atom stereocenters. The molecule has 1 heterocycles. The van der Waals surface area contributed by atoms with E-state index in [-0.39, 0.29) is 12.6 Å². The van der Waals surface area contributed by atoms with Crippen LogP contribution >= 0.6 is 0 Å². The summed E-state index contributed by atoms with van der Waals surface area (Å²) in [6.07, 6.45) is -0.0481. The number of methoxy groups -OCH3 is 1. The molecular formula is C12H22N2O4. The first kappa shape index (κ1) is 14.8. The smallest absolute Gasteiger partial charge is 0.410 e. The number of hydrogen-bond acceptors (Lipinski definition) is 4. The third-order valence-electron chi connectivity index (χ3n) is 2.87. The Labute approximate surface area is 107 Å². The normalized spacial score (nSPS) is 24.8. The van der Waals surface area contributed by atoms with Gasteiger partial charge in [-0.1, -0.05) is 0 Å². The molecule has 2 atom stereocenters. The Morgan fingerprint density at radius 1 is 1.33 bits per heavy atom. The molecule has 6 heteroatoms. The summed E-state index contributed by atoms with van der Waals surface area (Å²) in [6.45, 7) is 6.18. The molecule has 1 rings (SSSR count). The average molecular weight is 258 g/mol. The van der Waals surface area contributed by atoms with Crippen LogP contribution in [0.2, 0.25) is 0 Å². The van der Waals surface area contributed by atoms with Crippen molar-refractivity contribution >= 4 is 12.0 Å². The lowest BCUT2D eigenvalue weighted by atomic mass is 9.94. The Morgan fingerprint density at radius 2 is 1.94 bits per heavy atom. The number of likely N-dealkylation sites (tertiary alicyclic amines) is 1. The predicted octanol–water partition coefficient (Wildman–Crippen LogP) is 0.744. The minimum absolute atomic E-state index is 0.221. The molecule has 0 aliphatic carbocycles. The molecule has 0 spiro atoms. The van der Waals surface area contributed by atoms with Crippen LogP contribution in [-0.4, -0.2) is 48.8 Å². The number of amides is 2. The Kier molecular flexibility index (Phi) is 4.56. The lowest BCUT2D eigenvalue weighted by molar-refractivity contribution is -0.129. The largest absolute Gasteiger partial charge is 0.444 e. The molecule has 1 fully saturated rings. The van der Waals surface area contributed by atoms with Gasteiger partial charge >= 0.3 is 6.09 Å². The van der Waals surface area contributed by atoms with Crippen molar-refractivity contribution < 1.29 is 19.1 Å². The molecule has 0 aromatic heterocycles. The Morgan fingerprint density at radius 3 is 2.39 bits per heavy atom. The van der Waals surface area contributed by atoms with Gasteiger partial charge in [0.15, 0.2) is 0 Å². The highest BCUT2D eigenvalue weighted by molar-refractivity contribution is 5.79. The highest BCUT2D eigenvalue weighted by Crippen LogP contribution is 2.21. The van der Waals surface area contributed by atoms with Crippen molar-refractivity contribution in [2.75, 3.05) is 20.2 Å². The minimum Gasteiger partial charge on any atom is -0.444 e. The average Bonchev–Trinajstić information content (AvgIpc) is 2.25. The molecule has 0 saturated carbocycles. The van der Waals surface area contributed by atoms with Crippen LogP contribution in [0.25, 0.3) is 0 Å². The van der Waals surface area contributed by atoms with E-state index in [4.69, 9.17) is 15.2 Å². The molecule has 2 amide bonds. The van der Waals surface area contributed by atoms with Crippen molar-refractivity contribution in [2.24, 2.45) is 11.7 Å². The lowest BCUT2D eigenvalue weighted by Crippen LogP contribution is -2.52. The third-order valence-corrected chi connectivity index (χ3v) is 2.87. The van der Waals surface area contributed by atoms with Crippen molar-refractivity contribution in [3.05, 3.63) is 0 Å². The number of ether oxygens (including phenoxy) is 2. The quantitative estimate of drug-likeness (QED) is 0.792. The highest BCUT2D eigenvalue weighted by Gasteiger charge is 2.36. The zero-order chi connectivity index (χ0) is 13.9. The maximum atomic E-state index is 11.9. The Balaban J connectivity index is 2.65. The first-order valence-electron chi connectivity index (χ1n) is 6.04. The molecule has 0 radical (unpaired) electrons. The summed E-state index contributed by atoms with van der Waals surface area (Å²) in [5.74, 6) is -0.925. The van der Waals surface area contributed by atoms with E-state index in [9.17, 15) is 9.59 Å². The van der Waals surface area contributed by atoms with Gasteiger partial charge in [-0.2, -0.15) is 0 Å². The number of primary amides is 1. The Bertz CT molecular complexity index is 325. The van der Waals surface area contributed by atoms with Gasteiger partial charge in [0, 0.05) is 20.2 Å². The summed E-state index contributed by atoms with van der Waals surface area (Å²) in [7, 11) is 1.55. The van der Waals surface area contributed by atoms with Gasteiger partial charge in [-0.3, -0.25) is 4.79 Å². The summed E-state index contributed by atoms with van der Waals surface area (Å²) < 4.78 is 10.5. The van der Waals surface area contributed by atoms with Crippen LogP contribution in [0.3, 0.4) is 0 Å². The fourth-order valence-corrected chi connectivity index (χ4v) is 1.98. The first-order valence-corrected chi connectivity index (χ1v) is 6.04. The molecule has 1 aliphatic heterocycles. The maximum absolute atomic E-state index is 11.9. The zero-order valence-corrected chi connectivity index (χ0v) is 11.4. The van der Waals surface area contributed by atoms with E-state index in [1.54, 1.807) is 27.9 Å². The van der Waals surface area contributed by atoms with Crippen molar-refractivity contribution in [1.82, 2.24) is 4.90 Å². The van der Waals surface area contributed by atoms with E-state index in [1.165, 1.54) is 4.90 Å². The number of carbonyl (C=O) groups excluding carboxylic acids is 2. The lowest BCUT2D eigenvalue weighted by Gasteiger charge is -2.36. The first-order chi connectivity index (χ1) is 8.24. The van der Waals surface area contributed by atoms with Crippen molar-refractivity contribution in [2.45, 2.75) is 38.9 Å². The monoisotopic (exact) mass is 258 g/mol. The fourth-order valence-electron chi connectivity index (χ4n) is 1.98. The van der Waals surface area contributed by atoms with Gasteiger partial charge in [-0.25, -0.2) is 4.79 Å². The summed E-state index contributed by atoms with van der Waals surface area (Å²) in [6, 6.07) is 0. The summed E-state index contributed by atoms with van der Waals surface area (Å²) >= 11 is 0. The van der Waals surface area contributed by atoms with E-state index in [1.807, 2.05) is 0 Å². The molecule has 104 valence electrons. The van der Waals surface area contributed by atoms with Crippen LogP contribution in [-0.2, 0) is 14.3 Å². The summed E-state index contributed by atoms with van der Waals surface area (Å²) in [4.78, 5) is 24.7. The second-order valence-corrected chi connectivity index (χ2v) is 5.50. The second kappa shape index (κ2) is 5.56. The summed E-state index contributed by atoms with van der Waals surface area (Å²) in [5, 5.41) is 0. The van der Waals surface area contributed by atoms with Crippen LogP contribution < -0.4 is 5.73 Å². The maximum Gasteiger partial charge on any atom is 0.410 e. The number of rotatable bonds is 2. The number of nitrogens with zero attached hydrogens (tertiary/aromatic N) is 1. The van der Waals surface area contributed by atoms with Crippen LogP contribution in [0, 0.1) is 5.92 Å². The topological polar surface area (TPSA) is 81.9 Å². The van der Waals surface area contributed by atoms with Gasteiger partial charge in [0.1, 0.15) is 5.60 Å². The third kappa shape index (κ3) is 3.87.